The van der Waals surface area contributed by atoms with Gasteiger partial charge in [0.25, 0.3) is 0 Å². The van der Waals surface area contributed by atoms with Crippen LogP contribution in [0.5, 0.6) is 0 Å². The van der Waals surface area contributed by atoms with E-state index in [0.717, 1.165) is 11.3 Å². The zero-order chi connectivity index (χ0) is 10.3. The lowest BCUT2D eigenvalue weighted by Gasteiger charge is -2.10. The zero-order valence-electron chi connectivity index (χ0n) is 8.93. The van der Waals surface area contributed by atoms with Gasteiger partial charge in [0.05, 0.1) is 11.9 Å². The molecule has 2 aromatic heterocycles. The van der Waals surface area contributed by atoms with Crippen LogP contribution in [0.2, 0.25) is 0 Å². The van der Waals surface area contributed by atoms with E-state index in [9.17, 15) is 0 Å². The minimum atomic E-state index is 1.04. The van der Waals surface area contributed by atoms with Gasteiger partial charge in [0.1, 0.15) is 5.65 Å². The summed E-state index contributed by atoms with van der Waals surface area (Å²) in [6.07, 6.45) is 6.87. The lowest BCUT2D eigenvalue weighted by Crippen LogP contribution is -2.00. The van der Waals surface area contributed by atoms with Crippen molar-refractivity contribution in [1.29, 1.82) is 0 Å². The smallest absolute Gasteiger partial charge is 0.137 e. The third-order valence-electron chi connectivity index (χ3n) is 3.24. The van der Waals surface area contributed by atoms with Crippen LogP contribution in [0.25, 0.3) is 11.0 Å². The number of rotatable bonds is 1. The summed E-state index contributed by atoms with van der Waals surface area (Å²) in [5.74, 6) is 0. The number of aryl methyl sites for hydroxylation is 2. The number of fused-ring (bicyclic) bond motifs is 3. The Labute approximate surface area is 88.9 Å². The molecule has 0 saturated heterocycles. The van der Waals surface area contributed by atoms with Crippen molar-refractivity contribution < 1.29 is 0 Å². The Morgan fingerprint density at radius 1 is 1.33 bits per heavy atom. The van der Waals surface area contributed by atoms with E-state index in [4.69, 9.17) is 0 Å². The first-order chi connectivity index (χ1) is 7.38. The fourth-order valence-corrected chi connectivity index (χ4v) is 2.41. The second kappa shape index (κ2) is 3.26. The van der Waals surface area contributed by atoms with Crippen LogP contribution < -0.4 is 5.32 Å². The second-order valence-corrected chi connectivity index (χ2v) is 4.16. The molecule has 0 aromatic carbocycles. The number of aromatic nitrogens is 2. The monoisotopic (exact) mass is 201 g/mol. The summed E-state index contributed by atoms with van der Waals surface area (Å²) in [6.45, 7) is 0. The van der Waals surface area contributed by atoms with Crippen LogP contribution >= 0.6 is 0 Å². The standard InChI is InChI=1S/C12H15N3/c1-13-8-6-10-9-4-2-3-5-11(9)15-12(10)14-7-8/h6-7,13H,2-5H2,1H3,(H,14,15). The van der Waals surface area contributed by atoms with Gasteiger partial charge in [-0.1, -0.05) is 0 Å². The van der Waals surface area contributed by atoms with Crippen LogP contribution in [0.1, 0.15) is 24.1 Å². The highest BCUT2D eigenvalue weighted by Crippen LogP contribution is 2.29. The number of hydrogen-bond donors (Lipinski definition) is 2. The van der Waals surface area contributed by atoms with E-state index < -0.39 is 0 Å². The maximum absolute atomic E-state index is 4.44. The Morgan fingerprint density at radius 2 is 2.20 bits per heavy atom. The summed E-state index contributed by atoms with van der Waals surface area (Å²) in [4.78, 5) is 7.87. The summed E-state index contributed by atoms with van der Waals surface area (Å²) < 4.78 is 0. The Bertz CT molecular complexity index is 499. The lowest BCUT2D eigenvalue weighted by atomic mass is 9.96. The summed E-state index contributed by atoms with van der Waals surface area (Å²) in [5, 5.41) is 4.44. The molecule has 0 unspecified atom stereocenters. The largest absolute Gasteiger partial charge is 0.387 e. The molecule has 0 atom stereocenters. The van der Waals surface area contributed by atoms with E-state index in [2.05, 4.69) is 21.4 Å². The van der Waals surface area contributed by atoms with Crippen molar-refractivity contribution in [2.24, 2.45) is 0 Å². The van der Waals surface area contributed by atoms with E-state index in [1.165, 1.54) is 42.3 Å². The van der Waals surface area contributed by atoms with Crippen LogP contribution in [-0.4, -0.2) is 17.0 Å². The molecule has 2 aromatic rings. The normalized spacial score (nSPS) is 15.3. The number of aromatic amines is 1. The molecule has 0 bridgehead atoms. The number of nitrogens with zero attached hydrogens (tertiary/aromatic N) is 1. The van der Waals surface area contributed by atoms with E-state index in [1.54, 1.807) is 0 Å². The molecule has 3 nitrogen and oxygen atoms in total. The predicted octanol–water partition coefficient (Wildman–Crippen LogP) is 2.48. The first kappa shape index (κ1) is 8.77. The van der Waals surface area contributed by atoms with Gasteiger partial charge < -0.3 is 10.3 Å². The van der Waals surface area contributed by atoms with Gasteiger partial charge in [0, 0.05) is 18.1 Å². The van der Waals surface area contributed by atoms with Gasteiger partial charge in [0.2, 0.25) is 0 Å². The first-order valence-electron chi connectivity index (χ1n) is 5.55. The quantitative estimate of drug-likeness (QED) is 0.744. The van der Waals surface area contributed by atoms with Gasteiger partial charge in [0.15, 0.2) is 0 Å². The van der Waals surface area contributed by atoms with Crippen molar-refractivity contribution >= 4 is 16.7 Å². The Hall–Kier alpha value is -1.51. The Balaban J connectivity index is 2.24. The Kier molecular flexibility index (Phi) is 1.91. The molecule has 78 valence electrons. The molecule has 1 aliphatic carbocycles. The van der Waals surface area contributed by atoms with Crippen molar-refractivity contribution in [1.82, 2.24) is 9.97 Å². The van der Waals surface area contributed by atoms with E-state index in [1.807, 2.05) is 13.2 Å². The molecule has 0 fully saturated rings. The van der Waals surface area contributed by atoms with Gasteiger partial charge in [-0.3, -0.25) is 0 Å². The molecule has 0 spiro atoms. The molecule has 2 N–H and O–H groups in total. The van der Waals surface area contributed by atoms with Crippen molar-refractivity contribution in [3.8, 4) is 0 Å². The molecule has 15 heavy (non-hydrogen) atoms. The fraction of sp³-hybridized carbons (Fsp3) is 0.417. The SMILES string of the molecule is CNc1cnc2[nH]c3c(c2c1)CCCC3. The van der Waals surface area contributed by atoms with Crippen molar-refractivity contribution in [3.05, 3.63) is 23.5 Å². The molecule has 0 saturated carbocycles. The topological polar surface area (TPSA) is 40.7 Å². The van der Waals surface area contributed by atoms with Crippen LogP contribution in [0.15, 0.2) is 12.3 Å². The van der Waals surface area contributed by atoms with Crippen molar-refractivity contribution in [3.63, 3.8) is 0 Å². The summed E-state index contributed by atoms with van der Waals surface area (Å²) >= 11 is 0. The van der Waals surface area contributed by atoms with E-state index >= 15 is 0 Å². The average molecular weight is 201 g/mol. The average Bonchev–Trinajstić information content (AvgIpc) is 2.66. The molecule has 3 rings (SSSR count). The molecule has 2 heterocycles. The van der Waals surface area contributed by atoms with Gasteiger partial charge in [-0.05, 0) is 37.3 Å². The second-order valence-electron chi connectivity index (χ2n) is 4.16. The number of hydrogen-bond acceptors (Lipinski definition) is 2. The number of anilines is 1. The molecule has 0 aliphatic heterocycles. The zero-order valence-corrected chi connectivity index (χ0v) is 8.93. The predicted molar refractivity (Wildman–Crippen MR) is 62.3 cm³/mol. The minimum absolute atomic E-state index is 1.04. The molecule has 3 heteroatoms. The van der Waals surface area contributed by atoms with Crippen LogP contribution in [0.3, 0.4) is 0 Å². The van der Waals surface area contributed by atoms with E-state index in [0.29, 0.717) is 0 Å². The summed E-state index contributed by atoms with van der Waals surface area (Å²) in [5.41, 5.74) is 5.02. The fourth-order valence-electron chi connectivity index (χ4n) is 2.41. The molecule has 0 radical (unpaired) electrons. The van der Waals surface area contributed by atoms with Crippen LogP contribution in [0, 0.1) is 0 Å². The number of nitrogens with one attached hydrogen (secondary N) is 2. The van der Waals surface area contributed by atoms with Gasteiger partial charge in [-0.25, -0.2) is 4.98 Å². The van der Waals surface area contributed by atoms with Crippen LogP contribution in [0.4, 0.5) is 5.69 Å². The molecular formula is C12H15N3. The van der Waals surface area contributed by atoms with Crippen LogP contribution in [-0.2, 0) is 12.8 Å². The van der Waals surface area contributed by atoms with Gasteiger partial charge in [-0.2, -0.15) is 0 Å². The van der Waals surface area contributed by atoms with Gasteiger partial charge in [-0.15, -0.1) is 0 Å². The minimum Gasteiger partial charge on any atom is -0.387 e. The highest BCUT2D eigenvalue weighted by Gasteiger charge is 2.15. The molecule has 1 aliphatic rings. The molecule has 0 amide bonds. The number of pyridine rings is 1. The maximum Gasteiger partial charge on any atom is 0.137 e. The lowest BCUT2D eigenvalue weighted by molar-refractivity contribution is 0.680. The van der Waals surface area contributed by atoms with Crippen molar-refractivity contribution in [2.45, 2.75) is 25.7 Å². The third kappa shape index (κ3) is 1.30. The Morgan fingerprint density at radius 3 is 3.07 bits per heavy atom. The maximum atomic E-state index is 4.44. The third-order valence-corrected chi connectivity index (χ3v) is 3.24. The highest BCUT2D eigenvalue weighted by molar-refractivity contribution is 5.84. The first-order valence-corrected chi connectivity index (χ1v) is 5.55. The number of H-pyrrole nitrogens is 1. The summed E-state index contributed by atoms with van der Waals surface area (Å²) in [7, 11) is 1.93. The highest BCUT2D eigenvalue weighted by atomic mass is 14.9. The van der Waals surface area contributed by atoms with E-state index in [-0.39, 0.29) is 0 Å². The molecular weight excluding hydrogens is 186 g/mol. The van der Waals surface area contributed by atoms with Gasteiger partial charge >= 0.3 is 0 Å². The summed E-state index contributed by atoms with van der Waals surface area (Å²) in [6, 6.07) is 2.20. The van der Waals surface area contributed by atoms with Crippen molar-refractivity contribution in [2.75, 3.05) is 12.4 Å².